The van der Waals surface area contributed by atoms with Crippen molar-refractivity contribution in [3.05, 3.63) is 30.5 Å². The van der Waals surface area contributed by atoms with E-state index >= 15 is 0 Å². The molecule has 1 saturated carbocycles. The van der Waals surface area contributed by atoms with Crippen molar-refractivity contribution < 1.29 is 31.1 Å². The summed E-state index contributed by atoms with van der Waals surface area (Å²) in [5.41, 5.74) is 0.892. The number of sulfonamides is 1. The van der Waals surface area contributed by atoms with Gasteiger partial charge in [0.2, 0.25) is 5.95 Å². The normalized spacial score (nSPS) is 22.2. The SMILES string of the molecule is C[C@@H](CC(F)(F)F)NC(=O)OC1CCC(c2cnc(NC3CCN(S(=O)(=O)c4cn(C)cn4)CC3)nc2)C1. The number of nitrogens with zero attached hydrogens (tertiary/aromatic N) is 5. The lowest BCUT2D eigenvalue weighted by Crippen LogP contribution is -2.42. The molecule has 3 heterocycles. The number of aromatic nitrogens is 4. The Kier molecular flexibility index (Phi) is 8.45. The van der Waals surface area contributed by atoms with E-state index in [1.165, 1.54) is 23.8 Å². The molecule has 15 heteroatoms. The molecule has 0 aromatic carbocycles. The number of imidazole rings is 1. The Balaban J connectivity index is 1.22. The van der Waals surface area contributed by atoms with E-state index in [1.54, 1.807) is 24.0 Å². The summed E-state index contributed by atoms with van der Waals surface area (Å²) in [4.78, 5) is 24.7. The van der Waals surface area contributed by atoms with Crippen molar-refractivity contribution in [1.29, 1.82) is 0 Å². The summed E-state index contributed by atoms with van der Waals surface area (Å²) in [6, 6.07) is -1.04. The Bertz CT molecular complexity index is 1200. The number of hydrogen-bond acceptors (Lipinski definition) is 8. The van der Waals surface area contributed by atoms with E-state index in [0.29, 0.717) is 44.7 Å². The summed E-state index contributed by atoms with van der Waals surface area (Å²) >= 11 is 0. The van der Waals surface area contributed by atoms with Crippen molar-refractivity contribution >= 4 is 22.1 Å². The van der Waals surface area contributed by atoms with Gasteiger partial charge in [-0.2, -0.15) is 17.5 Å². The van der Waals surface area contributed by atoms with Crippen LogP contribution in [0.3, 0.4) is 0 Å². The van der Waals surface area contributed by atoms with Crippen LogP contribution in [-0.2, 0) is 21.8 Å². The molecule has 4 rings (SSSR count). The summed E-state index contributed by atoms with van der Waals surface area (Å²) in [7, 11) is -1.90. The molecule has 210 valence electrons. The number of halogens is 3. The predicted molar refractivity (Wildman–Crippen MR) is 131 cm³/mol. The average Bonchev–Trinajstić information content (AvgIpc) is 3.48. The summed E-state index contributed by atoms with van der Waals surface area (Å²) in [5.74, 6) is 0.526. The van der Waals surface area contributed by atoms with Crippen LogP contribution in [0.5, 0.6) is 0 Å². The summed E-state index contributed by atoms with van der Waals surface area (Å²) in [6.45, 7) is 2.01. The minimum Gasteiger partial charge on any atom is -0.446 e. The molecule has 11 nitrogen and oxygen atoms in total. The van der Waals surface area contributed by atoms with Crippen LogP contribution in [0.25, 0.3) is 0 Å². The molecule has 3 atom stereocenters. The number of carbonyl (C=O) groups is 1. The highest BCUT2D eigenvalue weighted by molar-refractivity contribution is 7.89. The van der Waals surface area contributed by atoms with Crippen LogP contribution in [-0.4, -0.2) is 75.8 Å². The molecule has 1 aliphatic carbocycles. The van der Waals surface area contributed by atoms with E-state index in [2.05, 4.69) is 25.6 Å². The standard InChI is InChI=1S/C23H32F3N7O4S/c1-15(10-23(24,25)26)30-22(34)37-19-4-3-16(9-19)17-11-27-21(28-12-17)31-18-5-7-33(8-6-18)38(35,36)20-13-32(2)14-29-20/h11-16,18-19H,3-10H2,1-2H3,(H,30,34)(H,27,28,31)/t15-,16?,19?/m0/s1. The maximum absolute atomic E-state index is 12.7. The fourth-order valence-corrected chi connectivity index (χ4v) is 6.27. The third-order valence-corrected chi connectivity index (χ3v) is 8.56. The molecule has 0 radical (unpaired) electrons. The zero-order valence-corrected chi connectivity index (χ0v) is 22.0. The van der Waals surface area contributed by atoms with Crippen LogP contribution in [0, 0.1) is 0 Å². The van der Waals surface area contributed by atoms with Gasteiger partial charge in [-0.15, -0.1) is 0 Å². The molecule has 0 spiro atoms. The maximum atomic E-state index is 12.7. The number of aryl methyl sites for hydroxylation is 1. The number of carbonyl (C=O) groups excluding carboxylic acids is 1. The molecule has 2 fully saturated rings. The highest BCUT2D eigenvalue weighted by Gasteiger charge is 2.33. The molecule has 0 bridgehead atoms. The zero-order valence-electron chi connectivity index (χ0n) is 21.2. The Morgan fingerprint density at radius 3 is 2.45 bits per heavy atom. The number of nitrogens with one attached hydrogen (secondary N) is 2. The number of hydrogen-bond donors (Lipinski definition) is 2. The van der Waals surface area contributed by atoms with E-state index in [9.17, 15) is 26.4 Å². The second-order valence-corrected chi connectivity index (χ2v) is 11.8. The number of amides is 1. The van der Waals surface area contributed by atoms with Gasteiger partial charge in [-0.05, 0) is 50.5 Å². The number of ether oxygens (including phenoxy) is 1. The lowest BCUT2D eigenvalue weighted by Gasteiger charge is -2.31. The number of alkyl halides is 3. The Morgan fingerprint density at radius 1 is 1.16 bits per heavy atom. The molecular formula is C23H32F3N7O4S. The van der Waals surface area contributed by atoms with Crippen LogP contribution in [0.15, 0.2) is 29.9 Å². The third kappa shape index (κ3) is 7.34. The van der Waals surface area contributed by atoms with Crippen LogP contribution in [0.2, 0.25) is 0 Å². The monoisotopic (exact) mass is 559 g/mol. The molecule has 2 aromatic heterocycles. The van der Waals surface area contributed by atoms with Gasteiger partial charge in [-0.25, -0.2) is 28.2 Å². The number of piperidine rings is 1. The van der Waals surface area contributed by atoms with Crippen LogP contribution in [0.4, 0.5) is 23.9 Å². The second-order valence-electron chi connectivity index (χ2n) is 9.94. The van der Waals surface area contributed by atoms with Crippen molar-refractivity contribution in [2.45, 2.75) is 80.8 Å². The van der Waals surface area contributed by atoms with Gasteiger partial charge in [0, 0.05) is 50.8 Å². The fraction of sp³-hybridized carbons (Fsp3) is 0.652. The number of alkyl carbamates (subject to hydrolysis) is 1. The van der Waals surface area contributed by atoms with Crippen molar-refractivity contribution in [2.75, 3.05) is 18.4 Å². The Hall–Kier alpha value is -2.94. The lowest BCUT2D eigenvalue weighted by atomic mass is 10.0. The Morgan fingerprint density at radius 2 is 1.84 bits per heavy atom. The van der Waals surface area contributed by atoms with Gasteiger partial charge in [0.1, 0.15) is 6.10 Å². The molecule has 2 unspecified atom stereocenters. The van der Waals surface area contributed by atoms with Crippen LogP contribution in [0.1, 0.15) is 56.9 Å². The highest BCUT2D eigenvalue weighted by atomic mass is 32.2. The van der Waals surface area contributed by atoms with Crippen LogP contribution < -0.4 is 10.6 Å². The molecular weight excluding hydrogens is 527 g/mol. The maximum Gasteiger partial charge on any atom is 0.407 e. The molecule has 2 aliphatic rings. The van der Waals surface area contributed by atoms with Crippen molar-refractivity contribution in [2.24, 2.45) is 7.05 Å². The predicted octanol–water partition coefficient (Wildman–Crippen LogP) is 3.18. The largest absolute Gasteiger partial charge is 0.446 e. The van der Waals surface area contributed by atoms with Gasteiger partial charge >= 0.3 is 12.3 Å². The van der Waals surface area contributed by atoms with E-state index in [4.69, 9.17) is 4.74 Å². The van der Waals surface area contributed by atoms with Gasteiger partial charge in [0.25, 0.3) is 10.0 Å². The van der Waals surface area contributed by atoms with E-state index in [0.717, 1.165) is 12.0 Å². The molecule has 2 N–H and O–H groups in total. The zero-order chi connectivity index (χ0) is 27.5. The molecule has 1 aliphatic heterocycles. The topological polar surface area (TPSA) is 131 Å². The first-order chi connectivity index (χ1) is 17.9. The molecule has 1 saturated heterocycles. The highest BCUT2D eigenvalue weighted by Crippen LogP contribution is 2.35. The van der Waals surface area contributed by atoms with Crippen molar-refractivity contribution in [3.8, 4) is 0 Å². The van der Waals surface area contributed by atoms with Crippen LogP contribution >= 0.6 is 0 Å². The minimum atomic E-state index is -4.36. The van der Waals surface area contributed by atoms with Gasteiger partial charge < -0.3 is 19.9 Å². The van der Waals surface area contributed by atoms with E-state index < -0.39 is 34.8 Å². The average molecular weight is 560 g/mol. The van der Waals surface area contributed by atoms with Crippen molar-refractivity contribution in [1.82, 2.24) is 29.1 Å². The fourth-order valence-electron chi connectivity index (χ4n) is 4.84. The third-order valence-electron chi connectivity index (χ3n) is 6.78. The second kappa shape index (κ2) is 11.4. The lowest BCUT2D eigenvalue weighted by molar-refractivity contribution is -0.138. The van der Waals surface area contributed by atoms with Crippen molar-refractivity contribution in [3.63, 3.8) is 0 Å². The summed E-state index contributed by atoms with van der Waals surface area (Å²) in [6.07, 6.45) is 2.77. The van der Waals surface area contributed by atoms with Gasteiger partial charge in [-0.3, -0.25) is 0 Å². The summed E-state index contributed by atoms with van der Waals surface area (Å²) in [5, 5.41) is 5.54. The van der Waals surface area contributed by atoms with E-state index in [1.807, 2.05) is 0 Å². The van der Waals surface area contributed by atoms with Gasteiger partial charge in [0.15, 0.2) is 5.03 Å². The summed E-state index contributed by atoms with van der Waals surface area (Å²) < 4.78 is 71.2. The van der Waals surface area contributed by atoms with Gasteiger partial charge in [-0.1, -0.05) is 0 Å². The quantitative estimate of drug-likeness (QED) is 0.504. The molecule has 38 heavy (non-hydrogen) atoms. The Labute approximate surface area is 219 Å². The van der Waals surface area contributed by atoms with E-state index in [-0.39, 0.29) is 23.1 Å². The minimum absolute atomic E-state index is 0.0264. The van der Waals surface area contributed by atoms with Gasteiger partial charge in [0.05, 0.1) is 12.7 Å². The first-order valence-electron chi connectivity index (χ1n) is 12.5. The molecule has 2 aromatic rings. The molecule has 1 amide bonds. The smallest absolute Gasteiger partial charge is 0.407 e. The first kappa shape index (κ1) is 28.1. The number of anilines is 1. The first-order valence-corrected chi connectivity index (χ1v) is 13.9. The number of rotatable bonds is 8.